The van der Waals surface area contributed by atoms with Crippen LogP contribution in [-0.4, -0.2) is 16.3 Å². The third-order valence-corrected chi connectivity index (χ3v) is 3.32. The lowest BCUT2D eigenvalue weighted by Crippen LogP contribution is -2.15. The van der Waals surface area contributed by atoms with Gasteiger partial charge in [0.1, 0.15) is 0 Å². The number of benzene rings is 1. The molecule has 2 aromatic rings. The number of nitrogens with two attached hydrogens (primary N) is 1. The van der Waals surface area contributed by atoms with Crippen LogP contribution in [0.25, 0.3) is 0 Å². The van der Waals surface area contributed by atoms with Crippen molar-refractivity contribution in [3.05, 3.63) is 52.3 Å². The number of halogens is 1. The Morgan fingerprint density at radius 2 is 2.24 bits per heavy atom. The van der Waals surface area contributed by atoms with Gasteiger partial charge in [0.25, 0.3) is 0 Å². The van der Waals surface area contributed by atoms with Crippen molar-refractivity contribution < 1.29 is 0 Å². The van der Waals surface area contributed by atoms with Crippen LogP contribution in [0.4, 0.5) is 0 Å². The summed E-state index contributed by atoms with van der Waals surface area (Å²) in [5, 5.41) is 4.40. The minimum absolute atomic E-state index is 0.322. The second kappa shape index (κ2) is 5.47. The Bertz CT molecular complexity index is 493. The van der Waals surface area contributed by atoms with Crippen molar-refractivity contribution in [2.45, 2.75) is 12.3 Å². The molecule has 0 aliphatic heterocycles. The van der Waals surface area contributed by atoms with Crippen molar-refractivity contribution in [2.75, 3.05) is 6.54 Å². The number of aryl methyl sites for hydroxylation is 1. The zero-order valence-corrected chi connectivity index (χ0v) is 11.4. The molecule has 4 heteroatoms. The van der Waals surface area contributed by atoms with Gasteiger partial charge >= 0.3 is 0 Å². The predicted molar refractivity (Wildman–Crippen MR) is 72.8 cm³/mol. The van der Waals surface area contributed by atoms with Gasteiger partial charge in [-0.2, -0.15) is 5.10 Å². The van der Waals surface area contributed by atoms with Gasteiger partial charge in [-0.1, -0.05) is 28.1 Å². The Kier molecular flexibility index (Phi) is 3.97. The Hall–Kier alpha value is -1.13. The SMILES string of the molecule is Cn1ccc(CC(CN)c2cccc(Br)c2)n1. The minimum Gasteiger partial charge on any atom is -0.330 e. The van der Waals surface area contributed by atoms with Crippen LogP contribution in [0.5, 0.6) is 0 Å². The molecule has 2 rings (SSSR count). The van der Waals surface area contributed by atoms with Crippen LogP contribution in [0.2, 0.25) is 0 Å². The topological polar surface area (TPSA) is 43.8 Å². The molecule has 90 valence electrons. The highest BCUT2D eigenvalue weighted by molar-refractivity contribution is 9.10. The second-order valence-corrected chi connectivity index (χ2v) is 5.09. The summed E-state index contributed by atoms with van der Waals surface area (Å²) in [6.45, 7) is 0.632. The predicted octanol–water partition coefficient (Wildman–Crippen LogP) is 2.47. The first kappa shape index (κ1) is 12.3. The molecule has 1 aromatic heterocycles. The molecule has 0 saturated heterocycles. The lowest BCUT2D eigenvalue weighted by Gasteiger charge is -2.14. The molecule has 2 N–H and O–H groups in total. The van der Waals surface area contributed by atoms with Crippen LogP contribution < -0.4 is 5.73 Å². The van der Waals surface area contributed by atoms with Gasteiger partial charge in [0, 0.05) is 23.6 Å². The quantitative estimate of drug-likeness (QED) is 0.941. The van der Waals surface area contributed by atoms with E-state index in [9.17, 15) is 0 Å². The molecule has 0 fully saturated rings. The van der Waals surface area contributed by atoms with Crippen molar-refractivity contribution in [3.8, 4) is 0 Å². The standard InChI is InChI=1S/C13H16BrN3/c1-17-6-5-13(16-17)8-11(9-15)10-3-2-4-12(14)7-10/h2-7,11H,8-9,15H2,1H3. The van der Waals surface area contributed by atoms with Crippen LogP contribution >= 0.6 is 15.9 Å². The molecule has 1 heterocycles. The lowest BCUT2D eigenvalue weighted by atomic mass is 9.94. The number of rotatable bonds is 4. The lowest BCUT2D eigenvalue weighted by molar-refractivity contribution is 0.659. The summed E-state index contributed by atoms with van der Waals surface area (Å²) in [7, 11) is 1.93. The molecule has 0 radical (unpaired) electrons. The summed E-state index contributed by atoms with van der Waals surface area (Å²) in [6, 6.07) is 10.4. The van der Waals surface area contributed by atoms with E-state index in [-0.39, 0.29) is 0 Å². The number of hydrogen-bond acceptors (Lipinski definition) is 2. The molecule has 0 amide bonds. The molecule has 0 bridgehead atoms. The molecule has 0 saturated carbocycles. The fourth-order valence-electron chi connectivity index (χ4n) is 1.92. The molecule has 1 aromatic carbocycles. The Labute approximate surface area is 110 Å². The first-order chi connectivity index (χ1) is 8.19. The fraction of sp³-hybridized carbons (Fsp3) is 0.308. The van der Waals surface area contributed by atoms with E-state index in [1.165, 1.54) is 5.56 Å². The van der Waals surface area contributed by atoms with Crippen LogP contribution in [-0.2, 0) is 13.5 Å². The molecular formula is C13H16BrN3. The second-order valence-electron chi connectivity index (χ2n) is 4.17. The molecule has 0 spiro atoms. The number of hydrogen-bond donors (Lipinski definition) is 1. The molecule has 0 aliphatic carbocycles. The third kappa shape index (κ3) is 3.17. The van der Waals surface area contributed by atoms with Crippen molar-refractivity contribution in [2.24, 2.45) is 12.8 Å². The zero-order valence-electron chi connectivity index (χ0n) is 9.81. The van der Waals surface area contributed by atoms with Gasteiger partial charge in [-0.3, -0.25) is 4.68 Å². The van der Waals surface area contributed by atoms with Gasteiger partial charge < -0.3 is 5.73 Å². The van der Waals surface area contributed by atoms with E-state index in [2.05, 4.69) is 33.2 Å². The summed E-state index contributed by atoms with van der Waals surface area (Å²) in [4.78, 5) is 0. The highest BCUT2D eigenvalue weighted by Crippen LogP contribution is 2.22. The smallest absolute Gasteiger partial charge is 0.0631 e. The highest BCUT2D eigenvalue weighted by Gasteiger charge is 2.12. The molecule has 1 atom stereocenters. The average molecular weight is 294 g/mol. The molecule has 17 heavy (non-hydrogen) atoms. The Morgan fingerprint density at radius 1 is 1.41 bits per heavy atom. The summed E-state index contributed by atoms with van der Waals surface area (Å²) in [5.74, 6) is 0.322. The molecule has 0 aliphatic rings. The summed E-state index contributed by atoms with van der Waals surface area (Å²) >= 11 is 3.49. The van der Waals surface area contributed by atoms with Crippen LogP contribution in [0.3, 0.4) is 0 Å². The van der Waals surface area contributed by atoms with Crippen molar-refractivity contribution in [3.63, 3.8) is 0 Å². The van der Waals surface area contributed by atoms with E-state index in [0.717, 1.165) is 16.6 Å². The molecule has 3 nitrogen and oxygen atoms in total. The zero-order chi connectivity index (χ0) is 12.3. The molecule has 1 unspecified atom stereocenters. The van der Waals surface area contributed by atoms with E-state index in [1.54, 1.807) is 0 Å². The third-order valence-electron chi connectivity index (χ3n) is 2.83. The van der Waals surface area contributed by atoms with Crippen LogP contribution in [0.1, 0.15) is 17.2 Å². The fourth-order valence-corrected chi connectivity index (χ4v) is 2.34. The normalized spacial score (nSPS) is 12.6. The van der Waals surface area contributed by atoms with E-state index < -0.39 is 0 Å². The van der Waals surface area contributed by atoms with Crippen LogP contribution in [0.15, 0.2) is 41.0 Å². The Morgan fingerprint density at radius 3 is 2.82 bits per heavy atom. The van der Waals surface area contributed by atoms with Gasteiger partial charge in [-0.05, 0) is 36.7 Å². The summed E-state index contributed by atoms with van der Waals surface area (Å²) < 4.78 is 2.92. The first-order valence-electron chi connectivity index (χ1n) is 5.63. The number of aromatic nitrogens is 2. The maximum Gasteiger partial charge on any atom is 0.0631 e. The number of nitrogens with zero attached hydrogens (tertiary/aromatic N) is 2. The van der Waals surface area contributed by atoms with E-state index in [1.807, 2.05) is 36.1 Å². The average Bonchev–Trinajstić information content (AvgIpc) is 2.72. The van der Waals surface area contributed by atoms with Crippen molar-refractivity contribution in [1.29, 1.82) is 0 Å². The Balaban J connectivity index is 2.16. The van der Waals surface area contributed by atoms with E-state index >= 15 is 0 Å². The van der Waals surface area contributed by atoms with E-state index in [4.69, 9.17) is 5.73 Å². The maximum absolute atomic E-state index is 5.86. The highest BCUT2D eigenvalue weighted by atomic mass is 79.9. The minimum atomic E-state index is 0.322. The van der Waals surface area contributed by atoms with Gasteiger partial charge in [0.05, 0.1) is 5.69 Å². The van der Waals surface area contributed by atoms with Crippen molar-refractivity contribution >= 4 is 15.9 Å². The van der Waals surface area contributed by atoms with Gasteiger partial charge in [0.2, 0.25) is 0 Å². The molecular weight excluding hydrogens is 278 g/mol. The largest absolute Gasteiger partial charge is 0.330 e. The van der Waals surface area contributed by atoms with Crippen molar-refractivity contribution in [1.82, 2.24) is 9.78 Å². The maximum atomic E-state index is 5.86. The van der Waals surface area contributed by atoms with Gasteiger partial charge in [-0.25, -0.2) is 0 Å². The summed E-state index contributed by atoms with van der Waals surface area (Å²) in [6.07, 6.45) is 2.84. The van der Waals surface area contributed by atoms with Crippen LogP contribution in [0, 0.1) is 0 Å². The monoisotopic (exact) mass is 293 g/mol. The van der Waals surface area contributed by atoms with Gasteiger partial charge in [0.15, 0.2) is 0 Å². The first-order valence-corrected chi connectivity index (χ1v) is 6.42. The van der Waals surface area contributed by atoms with E-state index in [0.29, 0.717) is 12.5 Å². The van der Waals surface area contributed by atoms with Gasteiger partial charge in [-0.15, -0.1) is 0 Å². The summed E-state index contributed by atoms with van der Waals surface area (Å²) in [5.41, 5.74) is 8.20.